The maximum atomic E-state index is 5.63. The molecule has 0 radical (unpaired) electrons. The first kappa shape index (κ1) is 52.5. The molecule has 7 aliphatic rings. The molecule has 6 heteroatoms. The van der Waals surface area contributed by atoms with Gasteiger partial charge in [-0.15, -0.1) is 0 Å². The van der Waals surface area contributed by atoms with E-state index in [-0.39, 0.29) is 0 Å². The Balaban J connectivity index is 0.808. The summed E-state index contributed by atoms with van der Waals surface area (Å²) in [6.45, 7) is 27.7. The summed E-state index contributed by atoms with van der Waals surface area (Å²) in [5.41, 5.74) is 23.6. The summed E-state index contributed by atoms with van der Waals surface area (Å²) < 4.78 is 0. The van der Waals surface area contributed by atoms with Crippen LogP contribution in [-0.4, -0.2) is 76.9 Å². The topological polar surface area (TPSA) is 37.7 Å². The molecule has 0 aromatic heterocycles. The van der Waals surface area contributed by atoms with Gasteiger partial charge in [0.1, 0.15) is 0 Å². The van der Waals surface area contributed by atoms with Gasteiger partial charge in [0.05, 0.1) is 11.4 Å². The summed E-state index contributed by atoms with van der Waals surface area (Å²) in [4.78, 5) is 20.9. The Morgan fingerprint density at radius 3 is 1.13 bits per heavy atom. The summed E-state index contributed by atoms with van der Waals surface area (Å²) in [6, 6.07) is 55.1. The van der Waals surface area contributed by atoms with Gasteiger partial charge in [0, 0.05) is 99.3 Å². The van der Waals surface area contributed by atoms with E-state index in [4.69, 9.17) is 9.98 Å². The lowest BCUT2D eigenvalue weighted by atomic mass is 9.20. The van der Waals surface area contributed by atoms with Gasteiger partial charge >= 0.3 is 0 Å². The van der Waals surface area contributed by atoms with Crippen LogP contribution in [0.15, 0.2) is 180 Å². The van der Waals surface area contributed by atoms with Crippen molar-refractivity contribution in [2.75, 3.05) is 85.0 Å². The third kappa shape index (κ3) is 8.84. The van der Waals surface area contributed by atoms with E-state index < -0.39 is 0 Å². The van der Waals surface area contributed by atoms with Gasteiger partial charge in [-0.25, -0.2) is 0 Å². The predicted molar refractivity (Wildman–Crippen MR) is 339 cm³/mol. The monoisotopic (exact) mass is 1040 g/mol. The van der Waals surface area contributed by atoms with E-state index in [0.29, 0.717) is 22.2 Å². The zero-order valence-electron chi connectivity index (χ0n) is 48.4. The molecule has 13 rings (SSSR count). The molecule has 5 fully saturated rings. The van der Waals surface area contributed by atoms with Crippen LogP contribution in [0.2, 0.25) is 0 Å². The van der Waals surface area contributed by atoms with Gasteiger partial charge in [0.2, 0.25) is 0 Å². The molecule has 5 saturated carbocycles. The zero-order valence-corrected chi connectivity index (χ0v) is 48.4. The first-order valence-corrected chi connectivity index (χ1v) is 30.2. The van der Waals surface area contributed by atoms with Crippen LogP contribution < -0.4 is 19.6 Å². The van der Waals surface area contributed by atoms with Crippen molar-refractivity contribution >= 4 is 56.5 Å². The van der Waals surface area contributed by atoms with Crippen LogP contribution in [0.1, 0.15) is 126 Å². The Morgan fingerprint density at radius 2 is 0.759 bits per heavy atom. The van der Waals surface area contributed by atoms with Crippen LogP contribution in [0.4, 0.5) is 22.7 Å². The number of fused-ring (bicyclic) bond motifs is 3. The predicted octanol–water partition coefficient (Wildman–Crippen LogP) is 16.2. The minimum Gasteiger partial charge on any atom is -0.372 e. The van der Waals surface area contributed by atoms with Crippen molar-refractivity contribution < 1.29 is 0 Å². The summed E-state index contributed by atoms with van der Waals surface area (Å²) in [6.07, 6.45) is 14.7. The third-order valence-corrected chi connectivity index (χ3v) is 19.9. The Morgan fingerprint density at radius 1 is 0.405 bits per heavy atom. The average molecular weight is 1040 g/mol. The molecule has 2 spiro atoms. The standard InChI is InChI=1S/C73H82N6/c1-9-76(10-2)56-33-25-51(26-34-56)68(52-27-35-57(36-28-52)77(11-3)12-4)64-41-43-66(62-23-19-17-21-60(62)64)74-46-55-45-71-47-72(49-73(55,48-71)70(71)72)50-75-67-44-42-65(61-22-18-20-24-63(61)67)69(53-29-37-58(38-30-53)78(13-5)14-6)54-31-39-59(40-32-54)79(15-7)16-8/h17-44,55,70H,9-16,45-50H2,1-8H3. The minimum atomic E-state index is 0.330. The molecule has 404 valence electrons. The number of hydrogen-bond acceptors (Lipinski definition) is 6. The van der Waals surface area contributed by atoms with E-state index in [2.05, 4.69) is 245 Å². The van der Waals surface area contributed by atoms with Gasteiger partial charge in [-0.05, 0) is 226 Å². The van der Waals surface area contributed by atoms with Crippen LogP contribution >= 0.6 is 0 Å². The third-order valence-electron chi connectivity index (χ3n) is 19.9. The molecular formula is C73H82N6. The molecule has 5 atom stereocenters. The normalized spacial score (nSPS) is 23.5. The second-order valence-corrected chi connectivity index (χ2v) is 23.5. The highest BCUT2D eigenvalue weighted by Gasteiger charge is 2.91. The minimum absolute atomic E-state index is 0.330. The highest BCUT2D eigenvalue weighted by atomic mass is 15.1. The number of anilines is 4. The molecule has 6 nitrogen and oxygen atoms in total. The first-order chi connectivity index (χ1) is 38.7. The van der Waals surface area contributed by atoms with Crippen molar-refractivity contribution in [2.45, 2.75) is 81.1 Å². The maximum absolute atomic E-state index is 5.63. The van der Waals surface area contributed by atoms with E-state index in [0.717, 1.165) is 82.8 Å². The first-order valence-electron chi connectivity index (χ1n) is 30.2. The smallest absolute Gasteiger partial charge is 0.0653 e. The molecule has 0 aliphatic heterocycles. The van der Waals surface area contributed by atoms with E-state index in [1.165, 1.54) is 115 Å². The number of allylic oxidation sites excluding steroid dienone is 6. The molecule has 0 N–H and O–H groups in total. The number of aliphatic imine (C=N–C) groups is 2. The lowest BCUT2D eigenvalue weighted by molar-refractivity contribution is -0.351. The Kier molecular flexibility index (Phi) is 14.3. The number of benzene rings is 6. The number of hydrogen-bond donors (Lipinski definition) is 0. The highest BCUT2D eigenvalue weighted by molar-refractivity contribution is 6.20. The Bertz CT molecular complexity index is 3270. The maximum Gasteiger partial charge on any atom is 0.0653 e. The second kappa shape index (κ2) is 21.5. The van der Waals surface area contributed by atoms with Crippen LogP contribution in [0.5, 0.6) is 0 Å². The summed E-state index contributed by atoms with van der Waals surface area (Å²) in [5, 5.41) is 0. The molecule has 0 amide bonds. The SMILES string of the molecule is CCN(CC)c1ccc(C(=C2C=CC(=NCC3CC45CC6(CN=C7C=CC(=C(c8ccc(N(CC)CC)cc8)c8ccc(N(CC)CC)cc8)c8ccccc87)CC3(C4)C65)c3ccccc32)c2ccc(N(CC)CC)cc2)cc1. The molecule has 7 aliphatic carbocycles. The fraction of sp³-hybridized carbons (Fsp3) is 0.370. The second-order valence-electron chi connectivity index (χ2n) is 23.5. The highest BCUT2D eigenvalue weighted by Crippen LogP contribution is 2.96. The van der Waals surface area contributed by atoms with Crippen LogP contribution in [0.3, 0.4) is 0 Å². The van der Waals surface area contributed by atoms with Gasteiger partial charge in [-0.3, -0.25) is 9.98 Å². The van der Waals surface area contributed by atoms with Gasteiger partial charge in [0.15, 0.2) is 0 Å². The summed E-state index contributed by atoms with van der Waals surface area (Å²) >= 11 is 0. The molecule has 5 unspecified atom stereocenters. The molecular weight excluding hydrogens is 961 g/mol. The van der Waals surface area contributed by atoms with Crippen LogP contribution in [-0.2, 0) is 0 Å². The number of nitrogens with zero attached hydrogens (tertiary/aromatic N) is 6. The lowest BCUT2D eigenvalue weighted by Crippen LogP contribution is -2.78. The van der Waals surface area contributed by atoms with Crippen molar-refractivity contribution in [3.63, 3.8) is 0 Å². The Hall–Kier alpha value is -7.18. The van der Waals surface area contributed by atoms with Crippen molar-refractivity contribution in [3.05, 3.63) is 214 Å². The van der Waals surface area contributed by atoms with Crippen molar-refractivity contribution in [3.8, 4) is 0 Å². The van der Waals surface area contributed by atoms with E-state index in [9.17, 15) is 0 Å². The van der Waals surface area contributed by atoms with Gasteiger partial charge < -0.3 is 19.6 Å². The zero-order chi connectivity index (χ0) is 54.5. The largest absolute Gasteiger partial charge is 0.372 e. The molecule has 6 aromatic carbocycles. The fourth-order valence-electron chi connectivity index (χ4n) is 16.6. The molecule has 2 bridgehead atoms. The van der Waals surface area contributed by atoms with E-state index >= 15 is 0 Å². The van der Waals surface area contributed by atoms with Gasteiger partial charge in [0.25, 0.3) is 0 Å². The molecule has 0 heterocycles. The van der Waals surface area contributed by atoms with Gasteiger partial charge in [-0.1, -0.05) is 109 Å². The van der Waals surface area contributed by atoms with Crippen LogP contribution in [0, 0.1) is 28.1 Å². The lowest BCUT2D eigenvalue weighted by Gasteiger charge is -2.83. The van der Waals surface area contributed by atoms with Crippen molar-refractivity contribution in [1.29, 1.82) is 0 Å². The molecule has 6 aromatic rings. The van der Waals surface area contributed by atoms with Crippen molar-refractivity contribution in [2.24, 2.45) is 38.1 Å². The fourth-order valence-corrected chi connectivity index (χ4v) is 16.6. The summed E-state index contributed by atoms with van der Waals surface area (Å²) in [7, 11) is 0. The van der Waals surface area contributed by atoms with E-state index in [1.807, 2.05) is 0 Å². The quantitative estimate of drug-likeness (QED) is 0.0764. The number of rotatable bonds is 20. The Labute approximate surface area is 472 Å². The molecule has 0 saturated heterocycles. The van der Waals surface area contributed by atoms with Gasteiger partial charge in [-0.2, -0.15) is 0 Å². The van der Waals surface area contributed by atoms with Crippen LogP contribution in [0.25, 0.3) is 22.3 Å². The van der Waals surface area contributed by atoms with E-state index in [1.54, 1.807) is 0 Å². The average Bonchev–Trinajstić information content (AvgIpc) is 1.59. The van der Waals surface area contributed by atoms with Crippen molar-refractivity contribution in [1.82, 2.24) is 0 Å². The molecule has 79 heavy (non-hydrogen) atoms. The summed E-state index contributed by atoms with van der Waals surface area (Å²) in [5.74, 6) is 1.43.